The Kier molecular flexibility index (Phi) is 6.30. The highest BCUT2D eigenvalue weighted by Crippen LogP contribution is 2.38. The van der Waals surface area contributed by atoms with Gasteiger partial charge in [-0.2, -0.15) is 0 Å². The molecule has 168 valence electrons. The number of H-pyrrole nitrogens is 1. The standard InChI is InChI=1S/C24H27N3O4S/c1-24(2,3)31-23(30)26-18-11-16(12-25-13-18)21-7-6-20(32-21)15-4-5-19-17(10-15)14-27(8-9-28)22(19)29/h4-7,10-13,22,28-29H,8-9,14H2,1-3H3,(H,26,30)/p+1. The number of anilines is 1. The lowest BCUT2D eigenvalue weighted by Crippen LogP contribution is -2.27. The number of aromatic amines is 1. The van der Waals surface area contributed by atoms with Crippen molar-refractivity contribution in [3.63, 3.8) is 0 Å². The third-order valence-electron chi connectivity index (χ3n) is 5.14. The summed E-state index contributed by atoms with van der Waals surface area (Å²) in [5.74, 6) is 0. The molecule has 0 radical (unpaired) electrons. The average Bonchev–Trinajstić information content (AvgIpc) is 3.32. The Morgan fingerprint density at radius 2 is 1.94 bits per heavy atom. The van der Waals surface area contributed by atoms with Crippen LogP contribution in [0.3, 0.4) is 0 Å². The number of benzene rings is 1. The minimum atomic E-state index is -0.666. The van der Waals surface area contributed by atoms with Crippen molar-refractivity contribution >= 4 is 23.1 Å². The van der Waals surface area contributed by atoms with Gasteiger partial charge in [0.2, 0.25) is 0 Å². The zero-order valence-corrected chi connectivity index (χ0v) is 19.2. The molecule has 1 aliphatic heterocycles. The van der Waals surface area contributed by atoms with Gasteiger partial charge in [-0.3, -0.25) is 10.2 Å². The topological polar surface area (TPSA) is 96.2 Å². The lowest BCUT2D eigenvalue weighted by molar-refractivity contribution is -0.376. The first kappa shape index (κ1) is 22.4. The number of aliphatic hydroxyl groups excluding tert-OH is 2. The number of amides is 1. The molecule has 0 saturated carbocycles. The molecule has 3 aromatic rings. The maximum atomic E-state index is 12.1. The van der Waals surface area contributed by atoms with E-state index in [2.05, 4.69) is 28.5 Å². The summed E-state index contributed by atoms with van der Waals surface area (Å²) in [6.07, 6.45) is 2.44. The van der Waals surface area contributed by atoms with Crippen LogP contribution in [0.1, 0.15) is 38.1 Å². The molecule has 32 heavy (non-hydrogen) atoms. The maximum absolute atomic E-state index is 12.1. The number of aromatic nitrogens is 1. The van der Waals surface area contributed by atoms with E-state index in [9.17, 15) is 15.0 Å². The van der Waals surface area contributed by atoms with Crippen LogP contribution < -0.4 is 10.3 Å². The second-order valence-electron chi connectivity index (χ2n) is 8.78. The van der Waals surface area contributed by atoms with Gasteiger partial charge in [-0.1, -0.05) is 12.1 Å². The highest BCUT2D eigenvalue weighted by Gasteiger charge is 2.28. The molecule has 3 heterocycles. The molecule has 1 atom stereocenters. The summed E-state index contributed by atoms with van der Waals surface area (Å²) < 4.78 is 5.32. The molecule has 0 aliphatic carbocycles. The minimum Gasteiger partial charge on any atom is -0.444 e. The first-order valence-electron chi connectivity index (χ1n) is 10.5. The van der Waals surface area contributed by atoms with Gasteiger partial charge in [-0.05, 0) is 61.7 Å². The summed E-state index contributed by atoms with van der Waals surface area (Å²) >= 11 is 1.65. The molecule has 4 rings (SSSR count). The second kappa shape index (κ2) is 8.99. The van der Waals surface area contributed by atoms with Crippen LogP contribution in [0.5, 0.6) is 0 Å². The number of carbonyl (C=O) groups excluding carboxylic acids is 1. The number of carbonyl (C=O) groups is 1. The lowest BCUT2D eigenvalue weighted by atomic mass is 10.0. The van der Waals surface area contributed by atoms with Crippen molar-refractivity contribution in [2.45, 2.75) is 39.1 Å². The molecular formula is C24H28N3O4S+. The fraction of sp³-hybridized carbons (Fsp3) is 0.333. The van der Waals surface area contributed by atoms with Gasteiger partial charge in [0, 0.05) is 22.8 Å². The average molecular weight is 455 g/mol. The van der Waals surface area contributed by atoms with Gasteiger partial charge in [0.15, 0.2) is 12.4 Å². The Bertz CT molecular complexity index is 1120. The number of thiophene rings is 1. The number of aliphatic hydroxyl groups is 2. The summed E-state index contributed by atoms with van der Waals surface area (Å²) in [6, 6.07) is 12.1. The number of fused-ring (bicyclic) bond motifs is 1. The SMILES string of the molecule is CC(C)(C)OC(=O)Nc1c[nH+]cc(-c2ccc(-c3ccc4c(c3)CN(CCO)C4O)s2)c1. The van der Waals surface area contributed by atoms with Crippen LogP contribution in [0, 0.1) is 0 Å². The Balaban J connectivity index is 1.52. The van der Waals surface area contributed by atoms with Gasteiger partial charge in [0.25, 0.3) is 0 Å². The van der Waals surface area contributed by atoms with Crippen molar-refractivity contribution in [2.75, 3.05) is 18.5 Å². The Morgan fingerprint density at radius 1 is 1.19 bits per heavy atom. The zero-order valence-electron chi connectivity index (χ0n) is 18.4. The molecule has 0 bridgehead atoms. The number of ether oxygens (including phenoxy) is 1. The normalized spacial score (nSPS) is 16.1. The Hall–Kier alpha value is -2.78. The number of hydrogen-bond donors (Lipinski definition) is 3. The number of pyridine rings is 1. The van der Waals surface area contributed by atoms with E-state index in [1.165, 1.54) is 0 Å². The molecule has 7 nitrogen and oxygen atoms in total. The summed E-state index contributed by atoms with van der Waals surface area (Å²) in [6.45, 7) is 6.56. The molecule has 1 amide bonds. The first-order valence-corrected chi connectivity index (χ1v) is 11.3. The summed E-state index contributed by atoms with van der Waals surface area (Å²) in [7, 11) is 0. The molecule has 0 spiro atoms. The minimum absolute atomic E-state index is 0.0189. The van der Waals surface area contributed by atoms with Crippen LogP contribution in [0.2, 0.25) is 0 Å². The van der Waals surface area contributed by atoms with Crippen molar-refractivity contribution in [3.05, 3.63) is 59.9 Å². The van der Waals surface area contributed by atoms with Gasteiger partial charge in [0.1, 0.15) is 17.5 Å². The number of β-amino-alcohol motifs (C(OH)–C–C–N with tert-alkyl or cyclic N) is 1. The zero-order chi connectivity index (χ0) is 22.9. The highest BCUT2D eigenvalue weighted by molar-refractivity contribution is 7.18. The predicted octanol–water partition coefficient (Wildman–Crippen LogP) is 4.04. The van der Waals surface area contributed by atoms with Crippen molar-refractivity contribution in [2.24, 2.45) is 0 Å². The third kappa shape index (κ3) is 4.99. The van der Waals surface area contributed by atoms with Gasteiger partial charge < -0.3 is 14.9 Å². The van der Waals surface area contributed by atoms with Crippen LogP contribution in [-0.4, -0.2) is 40.0 Å². The number of hydrogen-bond acceptors (Lipinski definition) is 6. The van der Waals surface area contributed by atoms with Gasteiger partial charge >= 0.3 is 6.09 Å². The largest absolute Gasteiger partial charge is 0.444 e. The number of nitrogens with one attached hydrogen (secondary N) is 2. The lowest BCUT2D eigenvalue weighted by Gasteiger charge is -2.19. The van der Waals surface area contributed by atoms with Crippen molar-refractivity contribution < 1.29 is 24.7 Å². The van der Waals surface area contributed by atoms with E-state index < -0.39 is 17.9 Å². The second-order valence-corrected chi connectivity index (χ2v) is 9.87. The van der Waals surface area contributed by atoms with Gasteiger partial charge in [-0.25, -0.2) is 9.78 Å². The number of rotatable bonds is 5. The van der Waals surface area contributed by atoms with E-state index in [4.69, 9.17) is 4.74 Å². The summed E-state index contributed by atoms with van der Waals surface area (Å²) in [5, 5.41) is 22.4. The molecule has 2 aromatic heterocycles. The molecule has 8 heteroatoms. The van der Waals surface area contributed by atoms with E-state index in [-0.39, 0.29) is 6.61 Å². The fourth-order valence-electron chi connectivity index (χ4n) is 3.74. The maximum Gasteiger partial charge on any atom is 0.412 e. The molecule has 0 fully saturated rings. The van der Waals surface area contributed by atoms with Gasteiger partial charge in [-0.15, -0.1) is 11.3 Å². The highest BCUT2D eigenvalue weighted by atomic mass is 32.1. The summed E-state index contributed by atoms with van der Waals surface area (Å²) in [5.41, 5.74) is 4.09. The smallest absolute Gasteiger partial charge is 0.412 e. The molecule has 1 aliphatic rings. The molecule has 1 aromatic carbocycles. The van der Waals surface area contributed by atoms with E-state index in [0.717, 1.165) is 32.0 Å². The molecular weight excluding hydrogens is 426 g/mol. The van der Waals surface area contributed by atoms with E-state index in [1.54, 1.807) is 17.5 Å². The fourth-order valence-corrected chi connectivity index (χ4v) is 4.73. The van der Waals surface area contributed by atoms with Crippen LogP contribution in [0.25, 0.3) is 20.9 Å². The molecule has 0 saturated heterocycles. The monoisotopic (exact) mass is 454 g/mol. The van der Waals surface area contributed by atoms with Crippen molar-refractivity contribution in [1.82, 2.24) is 4.90 Å². The Labute approximate surface area is 191 Å². The van der Waals surface area contributed by atoms with Crippen molar-refractivity contribution in [1.29, 1.82) is 0 Å². The molecule has 4 N–H and O–H groups in total. The van der Waals surface area contributed by atoms with Crippen LogP contribution in [0.4, 0.5) is 10.5 Å². The van der Waals surface area contributed by atoms with E-state index >= 15 is 0 Å². The van der Waals surface area contributed by atoms with E-state index in [0.29, 0.717) is 18.8 Å². The summed E-state index contributed by atoms with van der Waals surface area (Å²) in [4.78, 5) is 19.2. The first-order chi connectivity index (χ1) is 15.2. The number of nitrogens with zero attached hydrogens (tertiary/aromatic N) is 1. The van der Waals surface area contributed by atoms with E-state index in [1.807, 2.05) is 50.1 Å². The quantitative estimate of drug-likeness (QED) is 0.541. The van der Waals surface area contributed by atoms with Crippen LogP contribution in [-0.2, 0) is 11.3 Å². The molecule has 1 unspecified atom stereocenters. The van der Waals surface area contributed by atoms with Crippen LogP contribution in [0.15, 0.2) is 48.8 Å². The van der Waals surface area contributed by atoms with Crippen LogP contribution >= 0.6 is 11.3 Å². The van der Waals surface area contributed by atoms with Crippen molar-refractivity contribution in [3.8, 4) is 20.9 Å². The predicted molar refractivity (Wildman–Crippen MR) is 124 cm³/mol. The van der Waals surface area contributed by atoms with Gasteiger partial charge in [0.05, 0.1) is 12.2 Å². The third-order valence-corrected chi connectivity index (χ3v) is 6.32. The Morgan fingerprint density at radius 3 is 2.66 bits per heavy atom.